The van der Waals surface area contributed by atoms with Gasteiger partial charge >= 0.3 is 5.69 Å². The molecule has 0 bridgehead atoms. The first-order valence-electron chi connectivity index (χ1n) is 12.2. The van der Waals surface area contributed by atoms with Crippen LogP contribution in [0.25, 0.3) is 10.9 Å². The van der Waals surface area contributed by atoms with Crippen molar-refractivity contribution in [1.82, 2.24) is 14.5 Å². The third-order valence-corrected chi connectivity index (χ3v) is 6.46. The van der Waals surface area contributed by atoms with Gasteiger partial charge in [-0.15, -0.1) is 0 Å². The Labute approximate surface area is 233 Å². The number of para-hydroxylation sites is 1. The fourth-order valence-corrected chi connectivity index (χ4v) is 4.40. The number of methoxy groups -OCH3 is 2. The van der Waals surface area contributed by atoms with Gasteiger partial charge in [0, 0.05) is 12.6 Å². The van der Waals surface area contributed by atoms with E-state index in [0.29, 0.717) is 11.3 Å². The number of nitrogens with zero attached hydrogens (tertiary/aromatic N) is 2. The molecule has 40 heavy (non-hydrogen) atoms. The van der Waals surface area contributed by atoms with E-state index in [0.717, 1.165) is 9.13 Å². The minimum absolute atomic E-state index is 0.117. The maximum Gasteiger partial charge on any atom is 0.332 e. The molecule has 0 saturated heterocycles. The Balaban J connectivity index is 1.59. The lowest BCUT2D eigenvalue weighted by Gasteiger charge is -2.16. The number of carbonyl (C=O) groups excluding carboxylic acids is 2. The predicted molar refractivity (Wildman–Crippen MR) is 150 cm³/mol. The van der Waals surface area contributed by atoms with Crippen molar-refractivity contribution in [3.63, 3.8) is 0 Å². The lowest BCUT2D eigenvalue weighted by atomic mass is 10.1. The molecule has 0 aliphatic carbocycles. The molecule has 4 rings (SSSR count). The van der Waals surface area contributed by atoms with Gasteiger partial charge in [-0.3, -0.25) is 23.5 Å². The highest BCUT2D eigenvalue weighted by Gasteiger charge is 2.19. The van der Waals surface area contributed by atoms with Gasteiger partial charge in [0.05, 0.1) is 41.9 Å². The molecule has 3 aromatic carbocycles. The normalized spacial score (nSPS) is 11.6. The summed E-state index contributed by atoms with van der Waals surface area (Å²) in [5.41, 5.74) is -0.449. The van der Waals surface area contributed by atoms with Crippen LogP contribution in [-0.4, -0.2) is 46.8 Å². The summed E-state index contributed by atoms with van der Waals surface area (Å²) < 4.78 is 12.3. The summed E-state index contributed by atoms with van der Waals surface area (Å²) in [4.78, 5) is 52.3. The first-order chi connectivity index (χ1) is 19.2. The van der Waals surface area contributed by atoms with Crippen LogP contribution < -0.4 is 31.4 Å². The summed E-state index contributed by atoms with van der Waals surface area (Å²) >= 11 is 6.19. The van der Waals surface area contributed by atoms with Gasteiger partial charge in [-0.2, -0.15) is 0 Å². The lowest BCUT2D eigenvalue weighted by Crippen LogP contribution is -2.45. The molecule has 0 aliphatic heterocycles. The quantitative estimate of drug-likeness (QED) is 0.267. The van der Waals surface area contributed by atoms with Crippen molar-refractivity contribution in [2.75, 3.05) is 26.1 Å². The average molecular weight is 567 g/mol. The number of anilines is 1. The molecule has 1 aromatic heterocycles. The largest absolute Gasteiger partial charge is 0.495 e. The minimum atomic E-state index is -0.970. The number of rotatable bonds is 10. The minimum Gasteiger partial charge on any atom is -0.495 e. The second-order valence-electron chi connectivity index (χ2n) is 8.74. The van der Waals surface area contributed by atoms with E-state index in [4.69, 9.17) is 21.1 Å². The Morgan fingerprint density at radius 3 is 2.25 bits per heavy atom. The predicted octanol–water partition coefficient (Wildman–Crippen LogP) is 2.32. The fraction of sp³-hybridized carbons (Fsp3) is 0.214. The van der Waals surface area contributed by atoms with Crippen molar-refractivity contribution in [3.8, 4) is 11.5 Å². The Kier molecular flexibility index (Phi) is 8.87. The molecule has 4 aromatic rings. The van der Waals surface area contributed by atoms with Crippen LogP contribution in [-0.2, 0) is 22.7 Å². The van der Waals surface area contributed by atoms with Crippen LogP contribution in [0.5, 0.6) is 11.5 Å². The third kappa shape index (κ3) is 6.16. The Morgan fingerprint density at radius 1 is 0.900 bits per heavy atom. The first kappa shape index (κ1) is 28.4. The Bertz CT molecular complexity index is 1670. The molecule has 3 N–H and O–H groups in total. The van der Waals surface area contributed by atoms with Crippen molar-refractivity contribution < 1.29 is 24.2 Å². The van der Waals surface area contributed by atoms with Gasteiger partial charge in [0.25, 0.3) is 5.56 Å². The number of aliphatic hydroxyl groups is 1. The third-order valence-electron chi connectivity index (χ3n) is 6.16. The summed E-state index contributed by atoms with van der Waals surface area (Å²) in [7, 11) is 2.85. The summed E-state index contributed by atoms with van der Waals surface area (Å²) in [5, 5.41) is 15.9. The van der Waals surface area contributed by atoms with Crippen LogP contribution >= 0.6 is 11.6 Å². The molecule has 2 amide bonds. The van der Waals surface area contributed by atoms with E-state index >= 15 is 0 Å². The number of aromatic nitrogens is 2. The van der Waals surface area contributed by atoms with Gasteiger partial charge in [-0.25, -0.2) is 4.79 Å². The van der Waals surface area contributed by atoms with E-state index in [-0.39, 0.29) is 33.9 Å². The van der Waals surface area contributed by atoms with Crippen molar-refractivity contribution >= 4 is 40.0 Å². The highest BCUT2D eigenvalue weighted by atomic mass is 35.5. The molecular formula is C28H27ClN4O7. The van der Waals surface area contributed by atoms with E-state index in [9.17, 15) is 24.3 Å². The summed E-state index contributed by atoms with van der Waals surface area (Å²) in [6.07, 6.45) is -0.970. The van der Waals surface area contributed by atoms with Gasteiger partial charge in [0.1, 0.15) is 24.6 Å². The molecule has 12 heteroatoms. The number of hydrogen-bond acceptors (Lipinski definition) is 7. The van der Waals surface area contributed by atoms with Gasteiger partial charge in [0.15, 0.2) is 0 Å². The number of fused-ring (bicyclic) bond motifs is 1. The highest BCUT2D eigenvalue weighted by molar-refractivity contribution is 6.32. The molecule has 0 aliphatic rings. The molecule has 0 spiro atoms. The first-order valence-corrected chi connectivity index (χ1v) is 12.5. The van der Waals surface area contributed by atoms with E-state index in [2.05, 4.69) is 10.6 Å². The van der Waals surface area contributed by atoms with Crippen LogP contribution in [0.3, 0.4) is 0 Å². The smallest absolute Gasteiger partial charge is 0.332 e. The van der Waals surface area contributed by atoms with E-state index in [1.54, 1.807) is 42.5 Å². The van der Waals surface area contributed by atoms with Crippen LogP contribution in [0.2, 0.25) is 5.02 Å². The number of halogens is 1. The van der Waals surface area contributed by atoms with Crippen LogP contribution in [0.15, 0.2) is 76.3 Å². The molecule has 1 heterocycles. The zero-order valence-electron chi connectivity index (χ0n) is 21.7. The van der Waals surface area contributed by atoms with Gasteiger partial charge in [-0.05, 0) is 23.8 Å². The molecule has 0 saturated carbocycles. The van der Waals surface area contributed by atoms with Crippen molar-refractivity contribution in [3.05, 3.63) is 98.2 Å². The second kappa shape index (κ2) is 12.5. The number of nitrogens with one attached hydrogen (secondary N) is 2. The summed E-state index contributed by atoms with van der Waals surface area (Å²) in [6.45, 7) is -1.19. The monoisotopic (exact) mass is 566 g/mol. The summed E-state index contributed by atoms with van der Waals surface area (Å²) in [5.74, 6) is -0.628. The van der Waals surface area contributed by atoms with Crippen LogP contribution in [0.1, 0.15) is 11.7 Å². The molecule has 0 unspecified atom stereocenters. The van der Waals surface area contributed by atoms with Gasteiger partial charge < -0.3 is 25.2 Å². The lowest BCUT2D eigenvalue weighted by molar-refractivity contribution is -0.122. The van der Waals surface area contributed by atoms with E-state index in [1.165, 1.54) is 38.5 Å². The Morgan fingerprint density at radius 2 is 1.55 bits per heavy atom. The van der Waals surface area contributed by atoms with Crippen LogP contribution in [0, 0.1) is 0 Å². The molecule has 0 radical (unpaired) electrons. The van der Waals surface area contributed by atoms with E-state index in [1.807, 2.05) is 0 Å². The van der Waals surface area contributed by atoms with Crippen molar-refractivity contribution in [2.45, 2.75) is 19.2 Å². The number of hydrogen-bond donors (Lipinski definition) is 3. The average Bonchev–Trinajstić information content (AvgIpc) is 2.96. The van der Waals surface area contributed by atoms with Crippen molar-refractivity contribution in [1.29, 1.82) is 0 Å². The topological polar surface area (TPSA) is 141 Å². The van der Waals surface area contributed by atoms with Gasteiger partial charge in [-0.1, -0.05) is 54.1 Å². The molecule has 11 nitrogen and oxygen atoms in total. The molecule has 208 valence electrons. The highest BCUT2D eigenvalue weighted by Crippen LogP contribution is 2.35. The van der Waals surface area contributed by atoms with Crippen LogP contribution in [0.4, 0.5) is 5.69 Å². The molecular weight excluding hydrogens is 540 g/mol. The molecule has 0 fully saturated rings. The van der Waals surface area contributed by atoms with E-state index < -0.39 is 42.3 Å². The zero-order chi connectivity index (χ0) is 28.8. The fourth-order valence-electron chi connectivity index (χ4n) is 4.16. The second-order valence-corrected chi connectivity index (χ2v) is 9.15. The zero-order valence-corrected chi connectivity index (χ0v) is 22.5. The van der Waals surface area contributed by atoms with Gasteiger partial charge in [0.2, 0.25) is 11.8 Å². The number of amides is 2. The molecule has 1 atom stereocenters. The number of aliphatic hydroxyl groups excluding tert-OH is 1. The maximum atomic E-state index is 13.4. The van der Waals surface area contributed by atoms with Crippen molar-refractivity contribution in [2.24, 2.45) is 0 Å². The standard InChI is InChI=1S/C28H27ClN4O7/c1-39-23-13-24(40-2)20(12-19(23)29)31-26(36)16-32-21-11-7-6-10-18(21)27(37)33(28(32)38)15-25(35)30-14-22(34)17-8-4-3-5-9-17/h3-13,22,34H,14-16H2,1-2H3,(H,30,35)(H,31,36)/t22-/m0/s1. The summed E-state index contributed by atoms with van der Waals surface area (Å²) in [6, 6.07) is 18.0. The SMILES string of the molecule is COc1cc(OC)c(NC(=O)Cn2c(=O)n(CC(=O)NC[C@H](O)c3ccccc3)c(=O)c3ccccc32)cc1Cl. The Hall–Kier alpha value is -4.61. The maximum absolute atomic E-state index is 13.4. The number of ether oxygens (including phenoxy) is 2. The number of benzene rings is 3. The number of carbonyl (C=O) groups is 2.